The summed E-state index contributed by atoms with van der Waals surface area (Å²) in [5.74, 6) is -0.134. The molecule has 0 unspecified atom stereocenters. The molecule has 0 aliphatic carbocycles. The van der Waals surface area contributed by atoms with Crippen molar-refractivity contribution in [2.45, 2.75) is 6.92 Å². The van der Waals surface area contributed by atoms with Gasteiger partial charge in [0.2, 0.25) is 0 Å². The lowest BCUT2D eigenvalue weighted by Gasteiger charge is -2.02. The number of carbonyl (C=O) groups is 1. The molecular weight excluding hydrogens is 248 g/mol. The molecule has 1 amide bonds. The average Bonchev–Trinajstić information content (AvgIpc) is 2.69. The van der Waals surface area contributed by atoms with Crippen LogP contribution in [0.1, 0.15) is 15.2 Å². The Bertz CT molecular complexity index is 578. The quantitative estimate of drug-likeness (QED) is 0.832. The summed E-state index contributed by atoms with van der Waals surface area (Å²) in [6.07, 6.45) is 0. The fourth-order valence-electron chi connectivity index (χ4n) is 1.79. The van der Waals surface area contributed by atoms with E-state index in [-0.39, 0.29) is 5.91 Å². The normalized spacial score (nSPS) is 10.8. The van der Waals surface area contributed by atoms with Crippen molar-refractivity contribution >= 4 is 33.0 Å². The Kier molecular flexibility index (Phi) is 3.84. The molecule has 0 saturated heterocycles. The van der Waals surface area contributed by atoms with Crippen molar-refractivity contribution in [1.82, 2.24) is 5.32 Å². The number of nitrogen functional groups attached to an aromatic ring is 1. The van der Waals surface area contributed by atoms with Crippen molar-refractivity contribution in [3.05, 3.63) is 28.6 Å². The van der Waals surface area contributed by atoms with Gasteiger partial charge in [-0.1, -0.05) is 18.2 Å². The third-order valence-corrected chi connectivity index (χ3v) is 4.10. The van der Waals surface area contributed by atoms with E-state index in [2.05, 4.69) is 5.32 Å². The molecule has 2 rings (SSSR count). The van der Waals surface area contributed by atoms with Crippen molar-refractivity contribution in [3.8, 4) is 0 Å². The standard InChI is InChI=1S/C13H16N2O2S/c1-8-4-3-5-9-10(14)12(18-11(8)9)13(16)15-6-7-17-2/h3-5H,6-7,14H2,1-2H3,(H,15,16). The topological polar surface area (TPSA) is 64.3 Å². The first-order valence-electron chi connectivity index (χ1n) is 5.70. The lowest BCUT2D eigenvalue weighted by molar-refractivity contribution is 0.0942. The molecule has 1 aromatic carbocycles. The van der Waals surface area contributed by atoms with Gasteiger partial charge >= 0.3 is 0 Å². The van der Waals surface area contributed by atoms with Gasteiger partial charge in [0, 0.05) is 23.7 Å². The first-order valence-corrected chi connectivity index (χ1v) is 6.51. The molecule has 0 aliphatic rings. The van der Waals surface area contributed by atoms with Gasteiger partial charge < -0.3 is 15.8 Å². The molecule has 0 bridgehead atoms. The van der Waals surface area contributed by atoms with Crippen molar-refractivity contribution in [3.63, 3.8) is 0 Å². The van der Waals surface area contributed by atoms with Crippen LogP contribution in [0.25, 0.3) is 10.1 Å². The van der Waals surface area contributed by atoms with E-state index in [0.717, 1.165) is 15.6 Å². The van der Waals surface area contributed by atoms with Gasteiger partial charge in [0.05, 0.1) is 12.3 Å². The highest BCUT2D eigenvalue weighted by molar-refractivity contribution is 7.21. The number of carbonyl (C=O) groups excluding carboxylic acids is 1. The van der Waals surface area contributed by atoms with E-state index in [1.165, 1.54) is 11.3 Å². The van der Waals surface area contributed by atoms with E-state index in [4.69, 9.17) is 10.5 Å². The van der Waals surface area contributed by atoms with Crippen LogP contribution in [0.5, 0.6) is 0 Å². The number of hydrogen-bond donors (Lipinski definition) is 2. The Morgan fingerprint density at radius 2 is 2.28 bits per heavy atom. The lowest BCUT2D eigenvalue weighted by Crippen LogP contribution is -2.26. The van der Waals surface area contributed by atoms with Gasteiger partial charge in [-0.2, -0.15) is 0 Å². The van der Waals surface area contributed by atoms with Crippen molar-refractivity contribution in [2.24, 2.45) is 0 Å². The zero-order valence-corrected chi connectivity index (χ0v) is 11.3. The number of rotatable bonds is 4. The summed E-state index contributed by atoms with van der Waals surface area (Å²) in [5, 5.41) is 3.74. The summed E-state index contributed by atoms with van der Waals surface area (Å²) in [6, 6.07) is 5.92. The van der Waals surface area contributed by atoms with Crippen LogP contribution in [-0.4, -0.2) is 26.2 Å². The summed E-state index contributed by atoms with van der Waals surface area (Å²) < 4.78 is 5.97. The number of anilines is 1. The number of ether oxygens (including phenoxy) is 1. The third-order valence-electron chi connectivity index (χ3n) is 2.75. The van der Waals surface area contributed by atoms with Crippen molar-refractivity contribution in [2.75, 3.05) is 26.0 Å². The minimum absolute atomic E-state index is 0.134. The number of fused-ring (bicyclic) bond motifs is 1. The number of nitrogens with one attached hydrogen (secondary N) is 1. The van der Waals surface area contributed by atoms with E-state index in [1.807, 2.05) is 25.1 Å². The Morgan fingerprint density at radius 3 is 2.94 bits per heavy atom. The van der Waals surface area contributed by atoms with Crippen LogP contribution in [0.15, 0.2) is 18.2 Å². The first-order chi connectivity index (χ1) is 8.65. The Labute approximate surface area is 110 Å². The Balaban J connectivity index is 2.31. The van der Waals surface area contributed by atoms with Gasteiger partial charge in [0.25, 0.3) is 5.91 Å². The van der Waals surface area contributed by atoms with Crippen LogP contribution in [0.4, 0.5) is 5.69 Å². The summed E-state index contributed by atoms with van der Waals surface area (Å²) in [5.41, 5.74) is 7.73. The Morgan fingerprint density at radius 1 is 1.50 bits per heavy atom. The van der Waals surface area contributed by atoms with Crippen LogP contribution in [-0.2, 0) is 4.74 Å². The van der Waals surface area contributed by atoms with E-state index in [0.29, 0.717) is 23.7 Å². The molecular formula is C13H16N2O2S. The summed E-state index contributed by atoms with van der Waals surface area (Å²) in [4.78, 5) is 12.6. The molecule has 18 heavy (non-hydrogen) atoms. The molecule has 3 N–H and O–H groups in total. The van der Waals surface area contributed by atoms with Gasteiger partial charge in [-0.3, -0.25) is 4.79 Å². The number of thiophene rings is 1. The maximum absolute atomic E-state index is 12.0. The second kappa shape index (κ2) is 5.37. The fourth-order valence-corrected chi connectivity index (χ4v) is 2.90. The van der Waals surface area contributed by atoms with E-state index in [9.17, 15) is 4.79 Å². The first kappa shape index (κ1) is 12.9. The van der Waals surface area contributed by atoms with Crippen molar-refractivity contribution in [1.29, 1.82) is 0 Å². The average molecular weight is 264 g/mol. The summed E-state index contributed by atoms with van der Waals surface area (Å²) >= 11 is 1.44. The van der Waals surface area contributed by atoms with E-state index in [1.54, 1.807) is 7.11 Å². The van der Waals surface area contributed by atoms with Crippen LogP contribution in [0.2, 0.25) is 0 Å². The van der Waals surface area contributed by atoms with Crippen LogP contribution in [0, 0.1) is 6.92 Å². The highest BCUT2D eigenvalue weighted by Crippen LogP contribution is 2.35. The number of nitrogens with two attached hydrogens (primary N) is 1. The molecule has 5 heteroatoms. The number of benzene rings is 1. The van der Waals surface area contributed by atoms with Gasteiger partial charge in [-0.25, -0.2) is 0 Å². The van der Waals surface area contributed by atoms with Crippen molar-refractivity contribution < 1.29 is 9.53 Å². The van der Waals surface area contributed by atoms with Crippen LogP contribution < -0.4 is 11.1 Å². The minimum atomic E-state index is -0.134. The predicted molar refractivity (Wildman–Crippen MR) is 75.2 cm³/mol. The zero-order chi connectivity index (χ0) is 13.1. The summed E-state index contributed by atoms with van der Waals surface area (Å²) in [6.45, 7) is 3.00. The third kappa shape index (κ3) is 2.32. The molecule has 0 spiro atoms. The lowest BCUT2D eigenvalue weighted by atomic mass is 10.1. The maximum atomic E-state index is 12.0. The number of methoxy groups -OCH3 is 1. The molecule has 0 saturated carbocycles. The molecule has 0 radical (unpaired) electrons. The molecule has 96 valence electrons. The van der Waals surface area contributed by atoms with E-state index < -0.39 is 0 Å². The van der Waals surface area contributed by atoms with Gasteiger partial charge in [0.1, 0.15) is 4.88 Å². The zero-order valence-electron chi connectivity index (χ0n) is 10.4. The second-order valence-corrected chi connectivity index (χ2v) is 5.07. The monoisotopic (exact) mass is 264 g/mol. The Hall–Kier alpha value is -1.59. The second-order valence-electron chi connectivity index (χ2n) is 4.05. The van der Waals surface area contributed by atoms with Gasteiger partial charge in [-0.05, 0) is 12.5 Å². The predicted octanol–water partition coefficient (Wildman–Crippen LogP) is 2.17. The molecule has 0 atom stereocenters. The smallest absolute Gasteiger partial charge is 0.263 e. The molecule has 2 aromatic rings. The van der Waals surface area contributed by atoms with Gasteiger partial charge in [0.15, 0.2) is 0 Å². The van der Waals surface area contributed by atoms with Crippen LogP contribution in [0.3, 0.4) is 0 Å². The molecule has 4 nitrogen and oxygen atoms in total. The highest BCUT2D eigenvalue weighted by Gasteiger charge is 2.16. The summed E-state index contributed by atoms with van der Waals surface area (Å²) in [7, 11) is 1.60. The maximum Gasteiger partial charge on any atom is 0.263 e. The molecule has 1 aromatic heterocycles. The number of hydrogen-bond acceptors (Lipinski definition) is 4. The minimum Gasteiger partial charge on any atom is -0.397 e. The largest absolute Gasteiger partial charge is 0.397 e. The molecule has 0 fully saturated rings. The SMILES string of the molecule is COCCNC(=O)c1sc2c(C)cccc2c1N. The fraction of sp³-hybridized carbons (Fsp3) is 0.308. The number of aryl methyl sites for hydroxylation is 1. The van der Waals surface area contributed by atoms with Crippen LogP contribution >= 0.6 is 11.3 Å². The molecule has 1 heterocycles. The highest BCUT2D eigenvalue weighted by atomic mass is 32.1. The number of amides is 1. The molecule has 0 aliphatic heterocycles. The van der Waals surface area contributed by atoms with Gasteiger partial charge in [-0.15, -0.1) is 11.3 Å². The van der Waals surface area contributed by atoms with E-state index >= 15 is 0 Å².